The summed E-state index contributed by atoms with van der Waals surface area (Å²) in [5.41, 5.74) is 0.854. The third kappa shape index (κ3) is 3.61. The van der Waals surface area contributed by atoms with Gasteiger partial charge in [-0.25, -0.2) is 9.97 Å². The van der Waals surface area contributed by atoms with Gasteiger partial charge < -0.3 is 10.4 Å². The summed E-state index contributed by atoms with van der Waals surface area (Å²) in [6.07, 6.45) is 4.94. The minimum Gasteiger partial charge on any atom is -0.391 e. The predicted octanol–water partition coefficient (Wildman–Crippen LogP) is 3.67. The second-order valence-electron chi connectivity index (χ2n) is 5.96. The monoisotopic (exact) mass is 297 g/mol. The van der Waals surface area contributed by atoms with Gasteiger partial charge >= 0.3 is 0 Å². The lowest BCUT2D eigenvalue weighted by Gasteiger charge is -2.24. The Morgan fingerprint density at radius 3 is 2.60 bits per heavy atom. The molecule has 0 aromatic carbocycles. The molecular weight excluding hydrogens is 274 g/mol. The summed E-state index contributed by atoms with van der Waals surface area (Å²) in [7, 11) is 0. The van der Waals surface area contributed by atoms with E-state index in [1.165, 1.54) is 6.42 Å². The molecule has 1 heterocycles. The number of rotatable bonds is 3. The van der Waals surface area contributed by atoms with Gasteiger partial charge in [0.2, 0.25) is 0 Å². The van der Waals surface area contributed by atoms with Gasteiger partial charge in [-0.3, -0.25) is 0 Å². The van der Waals surface area contributed by atoms with Crippen LogP contribution in [0.1, 0.15) is 63.3 Å². The van der Waals surface area contributed by atoms with Gasteiger partial charge in [0.1, 0.15) is 16.8 Å². The first kappa shape index (κ1) is 15.5. The Bertz CT molecular complexity index is 465. The van der Waals surface area contributed by atoms with E-state index in [0.717, 1.165) is 42.9 Å². The Balaban J connectivity index is 2.23. The number of aromatic nitrogens is 2. The highest BCUT2D eigenvalue weighted by Crippen LogP contribution is 2.26. The van der Waals surface area contributed by atoms with Crippen LogP contribution in [0.2, 0.25) is 5.15 Å². The standard InChI is InChI=1S/C15H24ClN3O/c1-9(2)14-18-13(16)10(3)15(19-14)17-11-7-5-4-6-8-12(11)20/h9,11-12,20H,4-8H2,1-3H3,(H,17,18,19). The number of aliphatic hydroxyl groups is 1. The zero-order valence-electron chi connectivity index (χ0n) is 12.5. The first-order valence-electron chi connectivity index (χ1n) is 7.47. The van der Waals surface area contributed by atoms with Crippen LogP contribution in [-0.2, 0) is 0 Å². The van der Waals surface area contributed by atoms with E-state index in [4.69, 9.17) is 11.6 Å². The fourth-order valence-corrected chi connectivity index (χ4v) is 2.71. The smallest absolute Gasteiger partial charge is 0.137 e. The van der Waals surface area contributed by atoms with Gasteiger partial charge in [-0.2, -0.15) is 0 Å². The molecule has 112 valence electrons. The van der Waals surface area contributed by atoms with Gasteiger partial charge in [0.05, 0.1) is 12.1 Å². The fraction of sp³-hybridized carbons (Fsp3) is 0.733. The predicted molar refractivity (Wildman–Crippen MR) is 82.4 cm³/mol. The van der Waals surface area contributed by atoms with Crippen LogP contribution in [0.15, 0.2) is 0 Å². The van der Waals surface area contributed by atoms with Crippen LogP contribution >= 0.6 is 11.6 Å². The quantitative estimate of drug-likeness (QED) is 0.660. The highest BCUT2D eigenvalue weighted by atomic mass is 35.5. The lowest BCUT2D eigenvalue weighted by Crippen LogP contribution is -2.33. The molecule has 1 aromatic rings. The van der Waals surface area contributed by atoms with Crippen LogP contribution in [0, 0.1) is 6.92 Å². The number of hydrogen-bond donors (Lipinski definition) is 2. The highest BCUT2D eigenvalue weighted by Gasteiger charge is 2.23. The summed E-state index contributed by atoms with van der Waals surface area (Å²) < 4.78 is 0. The summed E-state index contributed by atoms with van der Waals surface area (Å²) >= 11 is 6.20. The number of aliphatic hydroxyl groups excluding tert-OH is 1. The maximum absolute atomic E-state index is 10.2. The maximum Gasteiger partial charge on any atom is 0.137 e. The van der Waals surface area contributed by atoms with E-state index >= 15 is 0 Å². The molecule has 0 amide bonds. The van der Waals surface area contributed by atoms with E-state index in [2.05, 4.69) is 15.3 Å². The van der Waals surface area contributed by atoms with E-state index in [1.54, 1.807) is 0 Å². The average Bonchev–Trinajstić information content (AvgIpc) is 2.60. The molecule has 2 atom stereocenters. The number of nitrogens with one attached hydrogen (secondary N) is 1. The molecule has 1 aromatic heterocycles. The minimum absolute atomic E-state index is 0.0576. The van der Waals surface area contributed by atoms with Crippen LogP contribution in [0.5, 0.6) is 0 Å². The summed E-state index contributed by atoms with van der Waals surface area (Å²) in [4.78, 5) is 8.89. The van der Waals surface area contributed by atoms with Crippen molar-refractivity contribution in [2.24, 2.45) is 0 Å². The molecule has 0 bridgehead atoms. The van der Waals surface area contributed by atoms with E-state index < -0.39 is 0 Å². The normalized spacial score (nSPS) is 23.7. The van der Waals surface area contributed by atoms with Crippen LogP contribution in [0.4, 0.5) is 5.82 Å². The molecule has 2 rings (SSSR count). The summed E-state index contributed by atoms with van der Waals surface area (Å²) in [5.74, 6) is 1.73. The van der Waals surface area contributed by atoms with E-state index in [0.29, 0.717) is 5.15 Å². The Morgan fingerprint density at radius 1 is 1.20 bits per heavy atom. The van der Waals surface area contributed by atoms with E-state index in [1.807, 2.05) is 20.8 Å². The van der Waals surface area contributed by atoms with Crippen LogP contribution in [0.25, 0.3) is 0 Å². The second-order valence-corrected chi connectivity index (χ2v) is 6.32. The molecule has 4 nitrogen and oxygen atoms in total. The van der Waals surface area contributed by atoms with E-state index in [9.17, 15) is 5.11 Å². The largest absolute Gasteiger partial charge is 0.391 e. The molecule has 1 saturated carbocycles. The molecule has 0 saturated heterocycles. The molecule has 0 radical (unpaired) electrons. The molecule has 2 unspecified atom stereocenters. The topological polar surface area (TPSA) is 58.0 Å². The third-order valence-electron chi connectivity index (χ3n) is 3.92. The van der Waals surface area contributed by atoms with Crippen molar-refractivity contribution < 1.29 is 5.11 Å². The third-order valence-corrected chi connectivity index (χ3v) is 4.29. The van der Waals surface area contributed by atoms with Crippen molar-refractivity contribution in [1.29, 1.82) is 0 Å². The Hall–Kier alpha value is -0.870. The zero-order valence-corrected chi connectivity index (χ0v) is 13.2. The minimum atomic E-state index is -0.312. The second kappa shape index (κ2) is 6.72. The van der Waals surface area contributed by atoms with Crippen molar-refractivity contribution in [3.05, 3.63) is 16.5 Å². The van der Waals surface area contributed by atoms with Crippen LogP contribution in [0.3, 0.4) is 0 Å². The number of hydrogen-bond acceptors (Lipinski definition) is 4. The molecule has 1 aliphatic carbocycles. The summed E-state index contributed by atoms with van der Waals surface area (Å²) in [6, 6.07) is 0.0576. The van der Waals surface area contributed by atoms with Gasteiger partial charge in [0.25, 0.3) is 0 Å². The Morgan fingerprint density at radius 2 is 1.90 bits per heavy atom. The molecule has 2 N–H and O–H groups in total. The molecular formula is C15H24ClN3O. The van der Waals surface area contributed by atoms with Crippen LogP contribution in [-0.4, -0.2) is 27.2 Å². The van der Waals surface area contributed by atoms with Crippen molar-refractivity contribution in [3.8, 4) is 0 Å². The Kier molecular flexibility index (Phi) is 5.22. The van der Waals surface area contributed by atoms with Gasteiger partial charge in [-0.05, 0) is 19.8 Å². The van der Waals surface area contributed by atoms with Crippen molar-refractivity contribution in [2.45, 2.75) is 70.9 Å². The number of anilines is 1. The van der Waals surface area contributed by atoms with Gasteiger partial charge in [-0.1, -0.05) is 44.7 Å². The first-order chi connectivity index (χ1) is 9.49. The zero-order chi connectivity index (χ0) is 14.7. The maximum atomic E-state index is 10.2. The molecule has 0 aliphatic heterocycles. The van der Waals surface area contributed by atoms with Crippen molar-refractivity contribution >= 4 is 17.4 Å². The highest BCUT2D eigenvalue weighted by molar-refractivity contribution is 6.30. The van der Waals surface area contributed by atoms with Gasteiger partial charge in [0.15, 0.2) is 0 Å². The first-order valence-corrected chi connectivity index (χ1v) is 7.85. The molecule has 5 heteroatoms. The van der Waals surface area contributed by atoms with E-state index in [-0.39, 0.29) is 18.1 Å². The van der Waals surface area contributed by atoms with Gasteiger partial charge in [0, 0.05) is 11.5 Å². The molecule has 1 aliphatic rings. The summed E-state index contributed by atoms with van der Waals surface area (Å²) in [5, 5.41) is 14.1. The molecule has 1 fully saturated rings. The van der Waals surface area contributed by atoms with Crippen LogP contribution < -0.4 is 5.32 Å². The average molecular weight is 298 g/mol. The Labute approximate surface area is 126 Å². The SMILES string of the molecule is Cc1c(Cl)nc(C(C)C)nc1NC1CCCCCC1O. The lowest BCUT2D eigenvalue weighted by atomic mass is 10.1. The fourth-order valence-electron chi connectivity index (χ4n) is 2.54. The molecule has 0 spiro atoms. The summed E-state index contributed by atoms with van der Waals surface area (Å²) in [6.45, 7) is 6.01. The lowest BCUT2D eigenvalue weighted by molar-refractivity contribution is 0.144. The van der Waals surface area contributed by atoms with Crippen molar-refractivity contribution in [1.82, 2.24) is 9.97 Å². The van der Waals surface area contributed by atoms with Crippen molar-refractivity contribution in [3.63, 3.8) is 0 Å². The number of nitrogens with zero attached hydrogens (tertiary/aromatic N) is 2. The van der Waals surface area contributed by atoms with Gasteiger partial charge in [-0.15, -0.1) is 0 Å². The molecule has 20 heavy (non-hydrogen) atoms. The van der Waals surface area contributed by atoms with Crippen molar-refractivity contribution in [2.75, 3.05) is 5.32 Å². The number of halogens is 1.